The lowest BCUT2D eigenvalue weighted by Gasteiger charge is -2.24. The number of benzene rings is 1. The molecule has 1 aromatic carbocycles. The first-order valence-electron chi connectivity index (χ1n) is 5.87. The molecule has 0 aliphatic heterocycles. The molecular weight excluding hydrogens is 295 g/mol. The minimum absolute atomic E-state index is 0. The Balaban J connectivity index is 0.00000361. The highest BCUT2D eigenvalue weighted by Gasteiger charge is 2.32. The van der Waals surface area contributed by atoms with Gasteiger partial charge in [-0.15, -0.1) is 12.4 Å². The number of aliphatic hydroxyl groups is 1. The Hall–Kier alpha value is -0.980. The Morgan fingerprint density at radius 2 is 1.80 bits per heavy atom. The van der Waals surface area contributed by atoms with Crippen molar-refractivity contribution in [1.82, 2.24) is 0 Å². The minimum Gasteiger partial charge on any atom is -0.496 e. The molecule has 0 heterocycles. The van der Waals surface area contributed by atoms with Gasteiger partial charge in [0.25, 0.3) is 0 Å². The monoisotopic (exact) mass is 313 g/mol. The summed E-state index contributed by atoms with van der Waals surface area (Å²) in [5.41, 5.74) is 5.42. The van der Waals surface area contributed by atoms with Gasteiger partial charge in [0.2, 0.25) is 0 Å². The van der Waals surface area contributed by atoms with E-state index >= 15 is 0 Å². The van der Waals surface area contributed by atoms with Crippen LogP contribution in [0.25, 0.3) is 0 Å². The molecule has 0 amide bonds. The number of halogens is 4. The van der Waals surface area contributed by atoms with Gasteiger partial charge in [0, 0.05) is 5.56 Å². The fraction of sp³-hybridized carbons (Fsp3) is 0.538. The topological polar surface area (TPSA) is 55.5 Å². The van der Waals surface area contributed by atoms with Gasteiger partial charge in [-0.1, -0.05) is 19.9 Å². The van der Waals surface area contributed by atoms with Crippen LogP contribution in [-0.2, 0) is 6.18 Å². The van der Waals surface area contributed by atoms with Crippen LogP contribution in [-0.4, -0.2) is 18.3 Å². The van der Waals surface area contributed by atoms with Crippen LogP contribution >= 0.6 is 12.4 Å². The molecule has 0 saturated carbocycles. The maximum atomic E-state index is 12.6. The molecule has 2 atom stereocenters. The van der Waals surface area contributed by atoms with E-state index in [1.165, 1.54) is 13.2 Å². The first kappa shape index (κ1) is 19.0. The molecule has 0 aliphatic rings. The lowest BCUT2D eigenvalue weighted by atomic mass is 9.93. The van der Waals surface area contributed by atoms with E-state index in [4.69, 9.17) is 10.5 Å². The predicted molar refractivity (Wildman–Crippen MR) is 73.0 cm³/mol. The third-order valence-electron chi connectivity index (χ3n) is 2.97. The van der Waals surface area contributed by atoms with Gasteiger partial charge in [0.1, 0.15) is 5.75 Å². The highest BCUT2D eigenvalue weighted by atomic mass is 35.5. The largest absolute Gasteiger partial charge is 0.496 e. The van der Waals surface area contributed by atoms with Crippen LogP contribution in [0.5, 0.6) is 5.75 Å². The van der Waals surface area contributed by atoms with Crippen molar-refractivity contribution in [2.45, 2.75) is 32.2 Å². The lowest BCUT2D eigenvalue weighted by molar-refractivity contribution is -0.137. The summed E-state index contributed by atoms with van der Waals surface area (Å²) in [5, 5.41) is 9.89. The molecule has 3 nitrogen and oxygen atoms in total. The van der Waals surface area contributed by atoms with Crippen LogP contribution < -0.4 is 10.5 Å². The van der Waals surface area contributed by atoms with Gasteiger partial charge in [-0.3, -0.25) is 0 Å². The summed E-state index contributed by atoms with van der Waals surface area (Å²) in [6, 6.07) is 2.28. The van der Waals surface area contributed by atoms with Crippen molar-refractivity contribution in [2.75, 3.05) is 7.11 Å². The van der Waals surface area contributed by atoms with Crippen molar-refractivity contribution in [1.29, 1.82) is 0 Å². The molecule has 0 spiro atoms. The highest BCUT2D eigenvalue weighted by molar-refractivity contribution is 5.85. The number of hydrogen-bond donors (Lipinski definition) is 2. The number of aliphatic hydroxyl groups excluding tert-OH is 1. The van der Waals surface area contributed by atoms with E-state index in [0.29, 0.717) is 5.56 Å². The summed E-state index contributed by atoms with van der Waals surface area (Å²) in [5.74, 6) is -0.0796. The van der Waals surface area contributed by atoms with E-state index in [1.807, 2.05) is 0 Å². The Morgan fingerprint density at radius 3 is 2.20 bits per heavy atom. The van der Waals surface area contributed by atoms with E-state index < -0.39 is 23.9 Å². The third kappa shape index (κ3) is 4.26. The van der Waals surface area contributed by atoms with Gasteiger partial charge in [-0.25, -0.2) is 0 Å². The second-order valence-electron chi connectivity index (χ2n) is 4.71. The van der Waals surface area contributed by atoms with Crippen molar-refractivity contribution in [3.8, 4) is 5.75 Å². The van der Waals surface area contributed by atoms with E-state index in [-0.39, 0.29) is 24.1 Å². The van der Waals surface area contributed by atoms with Crippen LogP contribution in [0.15, 0.2) is 18.2 Å². The Labute approximate surface area is 122 Å². The Kier molecular flexibility index (Phi) is 6.80. The van der Waals surface area contributed by atoms with Gasteiger partial charge in [-0.05, 0) is 18.1 Å². The number of alkyl halides is 3. The molecule has 0 unspecified atom stereocenters. The quantitative estimate of drug-likeness (QED) is 0.898. The summed E-state index contributed by atoms with van der Waals surface area (Å²) >= 11 is 0. The van der Waals surface area contributed by atoms with Crippen LogP contribution in [0, 0.1) is 5.92 Å². The van der Waals surface area contributed by atoms with Crippen LogP contribution in [0.4, 0.5) is 13.2 Å². The van der Waals surface area contributed by atoms with E-state index in [1.54, 1.807) is 13.8 Å². The minimum atomic E-state index is -4.44. The van der Waals surface area contributed by atoms with Crippen molar-refractivity contribution in [3.05, 3.63) is 29.3 Å². The standard InChI is InChI=1S/C13H18F3NO2.ClH/c1-7(2)12(18)11(17)9-5-4-8(13(14,15)16)6-10(9)19-3;/h4-7,11-12,18H,17H2,1-3H3;1H/t11-,12+;/m0./s1. The van der Waals surface area contributed by atoms with Crippen molar-refractivity contribution < 1.29 is 23.0 Å². The van der Waals surface area contributed by atoms with Crippen LogP contribution in [0.1, 0.15) is 31.0 Å². The Bertz CT molecular complexity index is 438. The smallest absolute Gasteiger partial charge is 0.416 e. The fourth-order valence-corrected chi connectivity index (χ4v) is 1.76. The normalized spacial score (nSPS) is 14.7. The number of hydrogen-bond acceptors (Lipinski definition) is 3. The molecule has 116 valence electrons. The number of methoxy groups -OCH3 is 1. The highest BCUT2D eigenvalue weighted by Crippen LogP contribution is 2.35. The molecule has 3 N–H and O–H groups in total. The van der Waals surface area contributed by atoms with E-state index in [0.717, 1.165) is 12.1 Å². The van der Waals surface area contributed by atoms with E-state index in [9.17, 15) is 18.3 Å². The van der Waals surface area contributed by atoms with E-state index in [2.05, 4.69) is 0 Å². The molecule has 0 fully saturated rings. The van der Waals surface area contributed by atoms with Gasteiger partial charge >= 0.3 is 6.18 Å². The third-order valence-corrected chi connectivity index (χ3v) is 2.97. The maximum absolute atomic E-state index is 12.6. The van der Waals surface area contributed by atoms with Crippen LogP contribution in [0.3, 0.4) is 0 Å². The SMILES string of the molecule is COc1cc(C(F)(F)F)ccc1[C@H](N)[C@H](O)C(C)C.Cl. The molecule has 1 aromatic rings. The lowest BCUT2D eigenvalue weighted by Crippen LogP contribution is -2.30. The molecular formula is C13H19ClF3NO2. The molecule has 1 rings (SSSR count). The summed E-state index contributed by atoms with van der Waals surface area (Å²) in [7, 11) is 1.27. The number of rotatable bonds is 4. The molecule has 0 radical (unpaired) electrons. The van der Waals surface area contributed by atoms with Crippen LogP contribution in [0.2, 0.25) is 0 Å². The molecule has 0 aromatic heterocycles. The van der Waals surface area contributed by atoms with Gasteiger partial charge in [0.05, 0.1) is 24.8 Å². The predicted octanol–water partition coefficient (Wildman–Crippen LogP) is 3.15. The molecule has 7 heteroatoms. The molecule has 0 saturated heterocycles. The summed E-state index contributed by atoms with van der Waals surface area (Å²) < 4.78 is 42.7. The average molecular weight is 314 g/mol. The second-order valence-corrected chi connectivity index (χ2v) is 4.71. The first-order valence-corrected chi connectivity index (χ1v) is 5.87. The maximum Gasteiger partial charge on any atom is 0.416 e. The molecule has 0 aliphatic carbocycles. The fourth-order valence-electron chi connectivity index (χ4n) is 1.76. The number of ether oxygens (including phenoxy) is 1. The van der Waals surface area contributed by atoms with Gasteiger partial charge < -0.3 is 15.6 Å². The zero-order valence-electron chi connectivity index (χ0n) is 11.4. The van der Waals surface area contributed by atoms with Gasteiger partial charge in [0.15, 0.2) is 0 Å². The zero-order valence-corrected chi connectivity index (χ0v) is 12.3. The van der Waals surface area contributed by atoms with Crippen molar-refractivity contribution in [2.24, 2.45) is 11.7 Å². The molecule has 0 bridgehead atoms. The Morgan fingerprint density at radius 1 is 1.25 bits per heavy atom. The van der Waals surface area contributed by atoms with Crippen molar-refractivity contribution in [3.63, 3.8) is 0 Å². The summed E-state index contributed by atoms with van der Waals surface area (Å²) in [6.45, 7) is 3.56. The van der Waals surface area contributed by atoms with Gasteiger partial charge in [-0.2, -0.15) is 13.2 Å². The second kappa shape index (κ2) is 7.15. The summed E-state index contributed by atoms with van der Waals surface area (Å²) in [6.07, 6.45) is -5.29. The summed E-state index contributed by atoms with van der Waals surface area (Å²) in [4.78, 5) is 0. The van der Waals surface area contributed by atoms with Crippen molar-refractivity contribution >= 4 is 12.4 Å². The number of nitrogens with two attached hydrogens (primary N) is 1. The first-order chi connectivity index (χ1) is 8.68. The zero-order chi connectivity index (χ0) is 14.8. The molecule has 20 heavy (non-hydrogen) atoms. The average Bonchev–Trinajstić information content (AvgIpc) is 2.34.